The van der Waals surface area contributed by atoms with Crippen LogP contribution in [-0.2, 0) is 22.6 Å². The van der Waals surface area contributed by atoms with E-state index in [-0.39, 0.29) is 13.2 Å². The molecule has 9 heteroatoms. The molecule has 4 rings (SSSR count). The summed E-state index contributed by atoms with van der Waals surface area (Å²) in [5.41, 5.74) is 3.53. The molecular formula is C29H32N2O7. The number of carbonyl (C=O) groups is 2. The van der Waals surface area contributed by atoms with Crippen LogP contribution in [0.15, 0.2) is 83.3 Å². The van der Waals surface area contributed by atoms with Gasteiger partial charge in [0.1, 0.15) is 30.6 Å². The van der Waals surface area contributed by atoms with E-state index in [1.165, 1.54) is 0 Å². The topological polar surface area (TPSA) is 131 Å². The van der Waals surface area contributed by atoms with Gasteiger partial charge in [0.15, 0.2) is 0 Å². The monoisotopic (exact) mass is 520 g/mol. The molecule has 0 saturated carbocycles. The average molecular weight is 521 g/mol. The maximum atomic E-state index is 10.2. The molecule has 3 aromatic carbocycles. The number of hydrogen-bond donors (Lipinski definition) is 3. The number of aliphatic hydroxyl groups is 1. The van der Waals surface area contributed by atoms with Crippen molar-refractivity contribution < 1.29 is 33.7 Å². The maximum Gasteiger partial charge on any atom is 0.322 e. The molecule has 0 spiro atoms. The zero-order valence-corrected chi connectivity index (χ0v) is 21.4. The Morgan fingerprint density at radius 1 is 0.974 bits per heavy atom. The molecule has 1 heterocycles. The molecular weight excluding hydrogens is 488 g/mol. The summed E-state index contributed by atoms with van der Waals surface area (Å²) in [7, 11) is 1.58. The molecule has 0 bridgehead atoms. The second kappa shape index (κ2) is 16.2. The zero-order chi connectivity index (χ0) is 27.8. The molecule has 0 saturated heterocycles. The Morgan fingerprint density at radius 3 is 2.18 bits per heavy atom. The third-order valence-corrected chi connectivity index (χ3v) is 5.16. The van der Waals surface area contributed by atoms with Crippen molar-refractivity contribution in [3.8, 4) is 23.0 Å². The molecule has 0 aliphatic rings. The number of nitrogens with one attached hydrogen (secondary N) is 1. The van der Waals surface area contributed by atoms with Gasteiger partial charge in [-0.25, -0.2) is 4.98 Å². The Bertz CT molecular complexity index is 1220. The highest BCUT2D eigenvalue weighted by molar-refractivity contribution is 5.72. The number of carboxylic acids is 1. The molecule has 9 nitrogen and oxygen atoms in total. The van der Waals surface area contributed by atoms with Crippen LogP contribution in [-0.4, -0.2) is 48.2 Å². The van der Waals surface area contributed by atoms with E-state index in [9.17, 15) is 4.79 Å². The quantitative estimate of drug-likeness (QED) is 0.271. The van der Waals surface area contributed by atoms with Gasteiger partial charge in [-0.2, -0.15) is 0 Å². The maximum absolute atomic E-state index is 10.2. The van der Waals surface area contributed by atoms with Gasteiger partial charge < -0.3 is 34.2 Å². The van der Waals surface area contributed by atoms with Gasteiger partial charge in [-0.15, -0.1) is 0 Å². The van der Waals surface area contributed by atoms with E-state index in [2.05, 4.69) is 10.3 Å². The summed E-state index contributed by atoms with van der Waals surface area (Å²) in [4.78, 5) is 22.8. The predicted octanol–water partition coefficient (Wildman–Crippen LogP) is 4.77. The molecule has 4 aromatic rings. The van der Waals surface area contributed by atoms with Gasteiger partial charge in [-0.1, -0.05) is 30.3 Å². The Labute approximate surface area is 221 Å². The van der Waals surface area contributed by atoms with Crippen molar-refractivity contribution in [3.05, 3.63) is 95.9 Å². The number of carbonyl (C=O) groups excluding carboxylic acids is 1. The molecule has 0 amide bonds. The number of aliphatic carboxylic acids is 1. The van der Waals surface area contributed by atoms with E-state index in [1.807, 2.05) is 68.3 Å². The predicted molar refractivity (Wildman–Crippen MR) is 144 cm³/mol. The Morgan fingerprint density at radius 2 is 1.61 bits per heavy atom. The van der Waals surface area contributed by atoms with E-state index in [1.54, 1.807) is 31.4 Å². The van der Waals surface area contributed by atoms with Crippen LogP contribution in [0.5, 0.6) is 11.5 Å². The first kappa shape index (κ1) is 29.6. The summed E-state index contributed by atoms with van der Waals surface area (Å²) in [6.07, 6.45) is 0.684. The Balaban J connectivity index is 0.000000288. The fourth-order valence-corrected chi connectivity index (χ4v) is 3.21. The smallest absolute Gasteiger partial charge is 0.322 e. The van der Waals surface area contributed by atoms with Crippen LogP contribution in [0.2, 0.25) is 0 Å². The summed E-state index contributed by atoms with van der Waals surface area (Å²) in [6.45, 7) is 4.41. The molecule has 0 aliphatic carbocycles. The van der Waals surface area contributed by atoms with Crippen molar-refractivity contribution in [2.75, 3.05) is 25.6 Å². The average Bonchev–Trinajstić information content (AvgIpc) is 3.34. The first-order valence-electron chi connectivity index (χ1n) is 11.7. The lowest BCUT2D eigenvalue weighted by Gasteiger charge is -2.05. The molecule has 38 heavy (non-hydrogen) atoms. The number of benzene rings is 3. The molecule has 200 valence electrons. The van der Waals surface area contributed by atoms with E-state index >= 15 is 0 Å². The zero-order valence-electron chi connectivity index (χ0n) is 21.4. The van der Waals surface area contributed by atoms with Crippen LogP contribution >= 0.6 is 0 Å². The number of methoxy groups -OCH3 is 1. The van der Waals surface area contributed by atoms with Gasteiger partial charge >= 0.3 is 5.97 Å². The fourth-order valence-electron chi connectivity index (χ4n) is 3.21. The van der Waals surface area contributed by atoms with Crippen molar-refractivity contribution in [1.82, 2.24) is 4.98 Å². The number of ether oxygens (including phenoxy) is 2. The minimum atomic E-state index is -0.879. The third kappa shape index (κ3) is 9.79. The molecule has 1 aromatic heterocycles. The lowest BCUT2D eigenvalue weighted by Crippen LogP contribution is -2.11. The molecule has 0 fully saturated rings. The second-order valence-electron chi connectivity index (χ2n) is 7.76. The van der Waals surface area contributed by atoms with Crippen molar-refractivity contribution in [2.45, 2.75) is 20.0 Å². The molecule has 0 atom stereocenters. The van der Waals surface area contributed by atoms with Crippen molar-refractivity contribution in [2.24, 2.45) is 0 Å². The fraction of sp³-hybridized carbons (Fsp3) is 0.207. The number of anilines is 1. The highest BCUT2D eigenvalue weighted by Gasteiger charge is 2.11. The highest BCUT2D eigenvalue weighted by atomic mass is 16.5. The van der Waals surface area contributed by atoms with Crippen molar-refractivity contribution in [3.63, 3.8) is 0 Å². The normalized spacial score (nSPS) is 9.76. The summed E-state index contributed by atoms with van der Waals surface area (Å²) in [5.74, 6) is 2.12. The number of carboxylic acid groups (broad SMARTS) is 1. The van der Waals surface area contributed by atoms with Gasteiger partial charge in [0.25, 0.3) is 0 Å². The largest absolute Gasteiger partial charge is 0.497 e. The summed E-state index contributed by atoms with van der Waals surface area (Å²) >= 11 is 0. The lowest BCUT2D eigenvalue weighted by molar-refractivity contribution is -0.134. The number of hydrogen-bond acceptors (Lipinski definition) is 8. The SMILES string of the molecule is C=O.COc1ccc(NCC(=O)O)cc1.Cc1oc(-c2ccccc2)nc1CCOc1ccc(CO)cc1. The summed E-state index contributed by atoms with van der Waals surface area (Å²) < 4.78 is 16.4. The Hall–Kier alpha value is -4.63. The van der Waals surface area contributed by atoms with E-state index < -0.39 is 5.97 Å². The van der Waals surface area contributed by atoms with Crippen LogP contribution in [0, 0.1) is 6.92 Å². The van der Waals surface area contributed by atoms with Crippen LogP contribution < -0.4 is 14.8 Å². The number of oxazole rings is 1. The number of aryl methyl sites for hydroxylation is 1. The first-order chi connectivity index (χ1) is 18.5. The number of nitrogens with zero attached hydrogens (tertiary/aromatic N) is 1. The minimum Gasteiger partial charge on any atom is -0.497 e. The molecule has 0 unspecified atom stereocenters. The van der Waals surface area contributed by atoms with Gasteiger partial charge in [-0.3, -0.25) is 4.79 Å². The first-order valence-corrected chi connectivity index (χ1v) is 11.7. The van der Waals surface area contributed by atoms with Crippen molar-refractivity contribution in [1.29, 1.82) is 0 Å². The van der Waals surface area contributed by atoms with E-state index in [0.717, 1.165) is 39.8 Å². The van der Waals surface area contributed by atoms with Gasteiger partial charge in [0, 0.05) is 17.7 Å². The van der Waals surface area contributed by atoms with E-state index in [4.69, 9.17) is 28.9 Å². The molecule has 0 aliphatic heterocycles. The van der Waals surface area contributed by atoms with Gasteiger partial charge in [0.2, 0.25) is 5.89 Å². The standard InChI is InChI=1S/C19H19NO3.C9H11NO3.CH2O/c1-14-18(20-19(23-14)16-5-3-2-4-6-16)11-12-22-17-9-7-15(13-21)8-10-17;1-13-8-4-2-7(3-5-8)10-6-9(11)12;1-2/h2-10,21H,11-13H2,1H3;2-5,10H,6H2,1H3,(H,11,12);1H2. The van der Waals surface area contributed by atoms with E-state index in [0.29, 0.717) is 18.9 Å². The van der Waals surface area contributed by atoms with Crippen LogP contribution in [0.3, 0.4) is 0 Å². The second-order valence-corrected chi connectivity index (χ2v) is 7.76. The number of aromatic nitrogens is 1. The Kier molecular flexibility index (Phi) is 12.6. The summed E-state index contributed by atoms with van der Waals surface area (Å²) in [5, 5.41) is 20.1. The van der Waals surface area contributed by atoms with Gasteiger partial charge in [0.05, 0.1) is 26.0 Å². The third-order valence-electron chi connectivity index (χ3n) is 5.16. The van der Waals surface area contributed by atoms with Crippen LogP contribution in [0.25, 0.3) is 11.5 Å². The minimum absolute atomic E-state index is 0.0423. The number of aliphatic hydroxyl groups excluding tert-OH is 1. The van der Waals surface area contributed by atoms with Gasteiger partial charge in [-0.05, 0) is 61.0 Å². The highest BCUT2D eigenvalue weighted by Crippen LogP contribution is 2.22. The summed E-state index contributed by atoms with van der Waals surface area (Å²) in [6, 6.07) is 24.3. The van der Waals surface area contributed by atoms with Crippen molar-refractivity contribution >= 4 is 18.4 Å². The number of rotatable bonds is 10. The van der Waals surface area contributed by atoms with Crippen LogP contribution in [0.4, 0.5) is 5.69 Å². The lowest BCUT2D eigenvalue weighted by atomic mass is 10.2. The van der Waals surface area contributed by atoms with Crippen LogP contribution in [0.1, 0.15) is 17.0 Å². The molecule has 3 N–H and O–H groups in total. The molecule has 0 radical (unpaired) electrons.